The second-order valence-corrected chi connectivity index (χ2v) is 5.97. The first-order chi connectivity index (χ1) is 7.03. The van der Waals surface area contributed by atoms with Crippen LogP contribution in [0.3, 0.4) is 0 Å². The van der Waals surface area contributed by atoms with Crippen molar-refractivity contribution in [2.45, 2.75) is 82.8 Å². The maximum Gasteiger partial charge on any atom is 0.0631 e. The van der Waals surface area contributed by atoms with Gasteiger partial charge in [0.15, 0.2) is 0 Å². The molecule has 0 aromatic carbocycles. The fourth-order valence-electron chi connectivity index (χ4n) is 2.31. The first-order valence-electron chi connectivity index (χ1n) is 6.35. The van der Waals surface area contributed by atoms with Crippen LogP contribution in [-0.2, 0) is 4.74 Å². The summed E-state index contributed by atoms with van der Waals surface area (Å²) in [6, 6.07) is 0. The average molecular weight is 233 g/mol. The van der Waals surface area contributed by atoms with Gasteiger partial charge in [0.25, 0.3) is 0 Å². The van der Waals surface area contributed by atoms with Gasteiger partial charge in [-0.15, -0.1) is 11.6 Å². The maximum atomic E-state index is 6.18. The van der Waals surface area contributed by atoms with E-state index in [4.69, 9.17) is 16.3 Å². The standard InChI is InChI=1S/C13H25ClO/c1-4-6-11(14)7-5-8-12-9-10-13(2,3)15-12/h11-12H,4-10H2,1-3H3. The smallest absolute Gasteiger partial charge is 0.0631 e. The van der Waals surface area contributed by atoms with Crippen molar-refractivity contribution < 1.29 is 4.74 Å². The molecule has 0 aliphatic carbocycles. The van der Waals surface area contributed by atoms with Gasteiger partial charge in [0.05, 0.1) is 11.7 Å². The van der Waals surface area contributed by atoms with Crippen molar-refractivity contribution in [1.29, 1.82) is 0 Å². The van der Waals surface area contributed by atoms with Crippen LogP contribution in [0.4, 0.5) is 0 Å². The first-order valence-corrected chi connectivity index (χ1v) is 6.79. The van der Waals surface area contributed by atoms with Crippen LogP contribution in [0.25, 0.3) is 0 Å². The minimum atomic E-state index is 0.119. The summed E-state index contributed by atoms with van der Waals surface area (Å²) >= 11 is 6.18. The average Bonchev–Trinajstić information content (AvgIpc) is 2.46. The lowest BCUT2D eigenvalue weighted by molar-refractivity contribution is -0.0190. The van der Waals surface area contributed by atoms with Gasteiger partial charge in [-0.25, -0.2) is 0 Å². The highest BCUT2D eigenvalue weighted by Gasteiger charge is 2.30. The molecule has 0 N–H and O–H groups in total. The van der Waals surface area contributed by atoms with Crippen LogP contribution in [-0.4, -0.2) is 17.1 Å². The zero-order valence-corrected chi connectivity index (χ0v) is 11.1. The van der Waals surface area contributed by atoms with Crippen molar-refractivity contribution >= 4 is 11.6 Å². The maximum absolute atomic E-state index is 6.18. The van der Waals surface area contributed by atoms with Gasteiger partial charge in [-0.2, -0.15) is 0 Å². The molecule has 15 heavy (non-hydrogen) atoms. The molecular weight excluding hydrogens is 208 g/mol. The Bertz CT molecular complexity index is 179. The largest absolute Gasteiger partial charge is 0.372 e. The summed E-state index contributed by atoms with van der Waals surface area (Å²) in [5.41, 5.74) is 0.119. The highest BCUT2D eigenvalue weighted by molar-refractivity contribution is 6.20. The second-order valence-electron chi connectivity index (χ2n) is 5.36. The lowest BCUT2D eigenvalue weighted by Gasteiger charge is -2.19. The molecule has 1 rings (SSSR count). The summed E-state index contributed by atoms with van der Waals surface area (Å²) in [4.78, 5) is 0. The van der Waals surface area contributed by atoms with Crippen molar-refractivity contribution in [2.24, 2.45) is 0 Å². The third-order valence-electron chi connectivity index (χ3n) is 3.20. The zero-order chi connectivity index (χ0) is 11.3. The Hall–Kier alpha value is 0.250. The van der Waals surface area contributed by atoms with Gasteiger partial charge in [0, 0.05) is 5.38 Å². The fourth-order valence-corrected chi connectivity index (χ4v) is 2.68. The molecule has 90 valence electrons. The molecule has 2 heteroatoms. The van der Waals surface area contributed by atoms with E-state index in [0.717, 1.165) is 12.8 Å². The summed E-state index contributed by atoms with van der Waals surface area (Å²) < 4.78 is 5.95. The van der Waals surface area contributed by atoms with E-state index in [9.17, 15) is 0 Å². The number of rotatable bonds is 6. The number of ether oxygens (including phenoxy) is 1. The van der Waals surface area contributed by atoms with Crippen molar-refractivity contribution in [3.05, 3.63) is 0 Å². The van der Waals surface area contributed by atoms with Crippen LogP contribution < -0.4 is 0 Å². The molecule has 1 fully saturated rings. The second kappa shape index (κ2) is 6.10. The van der Waals surface area contributed by atoms with Crippen molar-refractivity contribution in [3.63, 3.8) is 0 Å². The predicted molar refractivity (Wildman–Crippen MR) is 66.6 cm³/mol. The summed E-state index contributed by atoms with van der Waals surface area (Å²) in [6.07, 6.45) is 8.83. The van der Waals surface area contributed by atoms with Gasteiger partial charge in [0.2, 0.25) is 0 Å². The summed E-state index contributed by atoms with van der Waals surface area (Å²) in [5.74, 6) is 0. The van der Waals surface area contributed by atoms with Crippen LogP contribution in [0.15, 0.2) is 0 Å². The van der Waals surface area contributed by atoms with Crippen LogP contribution >= 0.6 is 11.6 Å². The molecule has 1 aliphatic rings. The minimum Gasteiger partial charge on any atom is -0.372 e. The molecule has 1 heterocycles. The number of hydrogen-bond donors (Lipinski definition) is 0. The molecule has 0 radical (unpaired) electrons. The molecule has 2 unspecified atom stereocenters. The van der Waals surface area contributed by atoms with Crippen molar-refractivity contribution in [3.8, 4) is 0 Å². The first kappa shape index (κ1) is 13.3. The third-order valence-corrected chi connectivity index (χ3v) is 3.64. The van der Waals surface area contributed by atoms with E-state index in [2.05, 4.69) is 20.8 Å². The van der Waals surface area contributed by atoms with E-state index in [1.807, 2.05) is 0 Å². The number of halogens is 1. The van der Waals surface area contributed by atoms with Crippen LogP contribution in [0.1, 0.15) is 65.7 Å². The molecule has 1 nitrogen and oxygen atoms in total. The number of alkyl halides is 1. The lowest BCUT2D eigenvalue weighted by atomic mass is 10.0. The quantitative estimate of drug-likeness (QED) is 0.612. The lowest BCUT2D eigenvalue weighted by Crippen LogP contribution is -2.20. The van der Waals surface area contributed by atoms with Crippen LogP contribution in [0, 0.1) is 0 Å². The van der Waals surface area contributed by atoms with E-state index >= 15 is 0 Å². The van der Waals surface area contributed by atoms with Gasteiger partial charge >= 0.3 is 0 Å². The normalized spacial score (nSPS) is 26.8. The molecule has 1 saturated heterocycles. The molecular formula is C13H25ClO. The molecule has 1 aliphatic heterocycles. The van der Waals surface area contributed by atoms with E-state index in [0.29, 0.717) is 11.5 Å². The highest BCUT2D eigenvalue weighted by atomic mass is 35.5. The van der Waals surface area contributed by atoms with E-state index in [1.165, 1.54) is 32.1 Å². The Morgan fingerprint density at radius 3 is 2.67 bits per heavy atom. The summed E-state index contributed by atoms with van der Waals surface area (Å²) in [5, 5.41) is 0.379. The fraction of sp³-hybridized carbons (Fsp3) is 1.00. The van der Waals surface area contributed by atoms with E-state index < -0.39 is 0 Å². The molecule has 0 aromatic heterocycles. The molecule has 0 aromatic rings. The zero-order valence-electron chi connectivity index (χ0n) is 10.4. The van der Waals surface area contributed by atoms with Crippen molar-refractivity contribution in [1.82, 2.24) is 0 Å². The van der Waals surface area contributed by atoms with Gasteiger partial charge < -0.3 is 4.74 Å². The summed E-state index contributed by atoms with van der Waals surface area (Å²) in [7, 11) is 0. The third kappa shape index (κ3) is 5.21. The molecule has 0 bridgehead atoms. The Balaban J connectivity index is 2.06. The van der Waals surface area contributed by atoms with Gasteiger partial charge in [0.1, 0.15) is 0 Å². The van der Waals surface area contributed by atoms with E-state index in [-0.39, 0.29) is 5.60 Å². The Kier molecular flexibility index (Phi) is 5.42. The Morgan fingerprint density at radius 1 is 1.40 bits per heavy atom. The predicted octanol–water partition coefficient (Wildman–Crippen LogP) is 4.52. The molecule has 2 atom stereocenters. The van der Waals surface area contributed by atoms with E-state index in [1.54, 1.807) is 0 Å². The SMILES string of the molecule is CCCC(Cl)CCCC1CCC(C)(C)O1. The molecule has 0 spiro atoms. The highest BCUT2D eigenvalue weighted by Crippen LogP contribution is 2.32. The molecule has 0 saturated carbocycles. The Labute approximate surface area is 99.5 Å². The molecule has 0 amide bonds. The van der Waals surface area contributed by atoms with Gasteiger partial charge in [-0.3, -0.25) is 0 Å². The van der Waals surface area contributed by atoms with Crippen LogP contribution in [0.2, 0.25) is 0 Å². The summed E-state index contributed by atoms with van der Waals surface area (Å²) in [6.45, 7) is 6.57. The topological polar surface area (TPSA) is 9.23 Å². The van der Waals surface area contributed by atoms with Gasteiger partial charge in [-0.05, 0) is 52.4 Å². The minimum absolute atomic E-state index is 0.119. The van der Waals surface area contributed by atoms with Gasteiger partial charge in [-0.1, -0.05) is 13.3 Å². The van der Waals surface area contributed by atoms with Crippen molar-refractivity contribution in [2.75, 3.05) is 0 Å². The monoisotopic (exact) mass is 232 g/mol. The Morgan fingerprint density at radius 2 is 2.13 bits per heavy atom. The van der Waals surface area contributed by atoms with Crippen LogP contribution in [0.5, 0.6) is 0 Å². The number of hydrogen-bond acceptors (Lipinski definition) is 1.